The van der Waals surface area contributed by atoms with E-state index < -0.39 is 0 Å². The number of thioether (sulfide) groups is 1. The van der Waals surface area contributed by atoms with E-state index in [2.05, 4.69) is 164 Å². The molecule has 0 amide bonds. The topological polar surface area (TPSA) is 0 Å². The van der Waals surface area contributed by atoms with Crippen LogP contribution in [0.1, 0.15) is 53.7 Å². The second-order valence-electron chi connectivity index (χ2n) is 12.8. The zero-order chi connectivity index (χ0) is 32.8. The Morgan fingerprint density at radius 3 is 1.92 bits per heavy atom. The van der Waals surface area contributed by atoms with Gasteiger partial charge in [-0.05, 0) is 95.7 Å². The van der Waals surface area contributed by atoms with Crippen molar-refractivity contribution in [2.24, 2.45) is 0 Å². The molecule has 0 fully saturated rings. The smallest absolute Gasteiger partial charge is 0.0888 e. The maximum Gasteiger partial charge on any atom is 0.239 e. The summed E-state index contributed by atoms with van der Waals surface area (Å²) in [6, 6.07) is 46.0. The Morgan fingerprint density at radius 2 is 1.20 bits per heavy atom. The fourth-order valence-electron chi connectivity index (χ4n) is 7.20. The normalized spacial score (nSPS) is 17.1. The van der Waals surface area contributed by atoms with Crippen LogP contribution < -0.4 is 0 Å². The summed E-state index contributed by atoms with van der Waals surface area (Å²) >= 11 is 3.90. The van der Waals surface area contributed by atoms with Crippen LogP contribution in [0.2, 0.25) is 0 Å². The van der Waals surface area contributed by atoms with Gasteiger partial charge in [-0.15, -0.1) is 0 Å². The van der Waals surface area contributed by atoms with Crippen molar-refractivity contribution in [2.45, 2.75) is 38.5 Å². The lowest BCUT2D eigenvalue weighted by Crippen LogP contribution is -2.06. The Morgan fingerprint density at radius 1 is 0.571 bits per heavy atom. The van der Waals surface area contributed by atoms with Crippen molar-refractivity contribution in [1.29, 1.82) is 0 Å². The largest absolute Gasteiger partial charge is 0.239 e. The van der Waals surface area contributed by atoms with Crippen LogP contribution in [0.15, 0.2) is 180 Å². The molecule has 0 N–H and O–H groups in total. The summed E-state index contributed by atoms with van der Waals surface area (Å²) < 4.78 is 0. The monoisotopic (exact) mass is 667 g/mol. The highest BCUT2D eigenvalue weighted by Crippen LogP contribution is 2.51. The van der Waals surface area contributed by atoms with Gasteiger partial charge in [-0.1, -0.05) is 151 Å². The predicted octanol–water partition coefficient (Wildman–Crippen LogP) is 13.9. The zero-order valence-corrected chi connectivity index (χ0v) is 29.3. The van der Waals surface area contributed by atoms with Gasteiger partial charge in [-0.25, -0.2) is 0 Å². The molecule has 8 rings (SSSR count). The summed E-state index contributed by atoms with van der Waals surface area (Å²) in [5.74, 6) is 0. The molecule has 5 aromatic rings. The average Bonchev–Trinajstić information content (AvgIpc) is 3.18. The molecule has 0 unspecified atom stereocenters. The SMILES string of the molecule is C1=C(c2ccccc2)SC2=C(/C=C/C=C/C=C3\CCCc4c(-c5ccccc5)cc(-c5ccccc5)[s+]c43)CCCC2=C1c1ccccc1. The van der Waals surface area contributed by atoms with E-state index >= 15 is 0 Å². The van der Waals surface area contributed by atoms with E-state index in [1.54, 1.807) is 0 Å². The fourth-order valence-corrected chi connectivity index (χ4v) is 9.78. The van der Waals surface area contributed by atoms with Gasteiger partial charge in [-0.3, -0.25) is 0 Å². The van der Waals surface area contributed by atoms with E-state index in [1.807, 2.05) is 23.1 Å². The Bertz CT molecular complexity index is 2150. The lowest BCUT2D eigenvalue weighted by molar-refractivity contribution is 0.795. The summed E-state index contributed by atoms with van der Waals surface area (Å²) in [6.45, 7) is 0. The molecule has 2 heterocycles. The van der Waals surface area contributed by atoms with Crippen LogP contribution in [-0.4, -0.2) is 0 Å². The summed E-state index contributed by atoms with van der Waals surface area (Å²) in [4.78, 5) is 5.54. The second kappa shape index (κ2) is 14.8. The molecule has 49 heavy (non-hydrogen) atoms. The second-order valence-corrected chi connectivity index (χ2v) is 14.9. The minimum atomic E-state index is 1.11. The van der Waals surface area contributed by atoms with Gasteiger partial charge in [0.05, 0.1) is 0 Å². The number of fused-ring (bicyclic) bond motifs is 2. The number of allylic oxidation sites excluding steroid dienone is 10. The first kappa shape index (κ1) is 31.5. The molecule has 0 atom stereocenters. The molecule has 0 spiro atoms. The van der Waals surface area contributed by atoms with E-state index in [0.29, 0.717) is 0 Å². The standard InChI is InChI=1S/C47H39S2/c1-6-18-34(19-7-1)42-32-44(36-22-10-3-11-23-36)48-46-38(28-16-30-40(42)46)26-14-5-15-27-39-29-17-31-41-43(35-20-8-2-9-21-35)33-45(49-47(39)41)37-24-12-4-13-25-37/h1-15,18-27,32-33H,16-17,28-31H2/q+1. The summed E-state index contributed by atoms with van der Waals surface area (Å²) in [5.41, 5.74) is 13.8. The first-order valence-electron chi connectivity index (χ1n) is 17.4. The molecule has 0 bridgehead atoms. The minimum Gasteiger partial charge on any atom is -0.0888 e. The molecule has 1 aliphatic heterocycles. The molecular formula is C47H39S2+. The van der Waals surface area contributed by atoms with Crippen LogP contribution in [0.5, 0.6) is 0 Å². The van der Waals surface area contributed by atoms with Crippen molar-refractivity contribution >= 4 is 39.2 Å². The molecular weight excluding hydrogens is 629 g/mol. The van der Waals surface area contributed by atoms with E-state index in [0.717, 1.165) is 25.7 Å². The van der Waals surface area contributed by atoms with Crippen LogP contribution in [0, 0.1) is 0 Å². The van der Waals surface area contributed by atoms with Gasteiger partial charge < -0.3 is 0 Å². The van der Waals surface area contributed by atoms with Gasteiger partial charge in [0.2, 0.25) is 21.1 Å². The molecule has 2 heteroatoms. The number of rotatable bonds is 7. The van der Waals surface area contributed by atoms with Gasteiger partial charge >= 0.3 is 0 Å². The van der Waals surface area contributed by atoms with E-state index in [1.165, 1.54) is 88.1 Å². The highest BCUT2D eigenvalue weighted by Gasteiger charge is 2.30. The van der Waals surface area contributed by atoms with Gasteiger partial charge in [0, 0.05) is 32.6 Å². The maximum absolute atomic E-state index is 2.42. The summed E-state index contributed by atoms with van der Waals surface area (Å²) in [5, 5.41) is 0. The van der Waals surface area contributed by atoms with Crippen LogP contribution in [0.25, 0.3) is 37.6 Å². The predicted molar refractivity (Wildman–Crippen MR) is 215 cm³/mol. The van der Waals surface area contributed by atoms with E-state index in [9.17, 15) is 0 Å². The fraction of sp³-hybridized carbons (Fsp3) is 0.128. The Labute approximate surface area is 299 Å². The highest BCUT2D eigenvalue weighted by atomic mass is 32.2. The third-order valence-corrected chi connectivity index (χ3v) is 12.2. The van der Waals surface area contributed by atoms with Crippen molar-refractivity contribution in [1.82, 2.24) is 0 Å². The molecule has 0 saturated carbocycles. The average molecular weight is 668 g/mol. The molecule has 4 aromatic carbocycles. The molecule has 3 aliphatic rings. The number of benzene rings is 4. The van der Waals surface area contributed by atoms with Crippen LogP contribution in [0.4, 0.5) is 0 Å². The van der Waals surface area contributed by atoms with Gasteiger partial charge in [-0.2, -0.15) is 0 Å². The van der Waals surface area contributed by atoms with E-state index in [-0.39, 0.29) is 0 Å². The third-order valence-electron chi connectivity index (χ3n) is 9.61. The third kappa shape index (κ3) is 6.90. The molecule has 2 aliphatic carbocycles. The Hall–Kier alpha value is -4.76. The lowest BCUT2D eigenvalue weighted by atomic mass is 9.87. The van der Waals surface area contributed by atoms with Gasteiger partial charge in [0.25, 0.3) is 0 Å². The first-order valence-corrected chi connectivity index (χ1v) is 19.1. The Balaban J connectivity index is 1.12. The Kier molecular flexibility index (Phi) is 9.50. The molecule has 238 valence electrons. The van der Waals surface area contributed by atoms with Crippen LogP contribution in [-0.2, 0) is 6.42 Å². The summed E-state index contributed by atoms with van der Waals surface area (Å²) in [6.07, 6.45) is 20.7. The maximum atomic E-state index is 2.42. The van der Waals surface area contributed by atoms with Crippen molar-refractivity contribution in [3.8, 4) is 21.6 Å². The molecule has 1 aromatic heterocycles. The van der Waals surface area contributed by atoms with Crippen molar-refractivity contribution in [3.05, 3.63) is 201 Å². The summed E-state index contributed by atoms with van der Waals surface area (Å²) in [7, 11) is 0. The molecule has 0 saturated heterocycles. The number of hydrogen-bond donors (Lipinski definition) is 0. The zero-order valence-electron chi connectivity index (χ0n) is 27.6. The van der Waals surface area contributed by atoms with Gasteiger partial charge in [0.1, 0.15) is 0 Å². The lowest BCUT2D eigenvalue weighted by Gasteiger charge is -2.28. The molecule has 0 radical (unpaired) electrons. The van der Waals surface area contributed by atoms with E-state index in [4.69, 9.17) is 0 Å². The van der Waals surface area contributed by atoms with Crippen molar-refractivity contribution < 1.29 is 0 Å². The minimum absolute atomic E-state index is 1.11. The van der Waals surface area contributed by atoms with Gasteiger partial charge in [0.15, 0.2) is 0 Å². The molecule has 0 nitrogen and oxygen atoms in total. The van der Waals surface area contributed by atoms with Crippen molar-refractivity contribution in [3.63, 3.8) is 0 Å². The van der Waals surface area contributed by atoms with Crippen LogP contribution in [0.3, 0.4) is 0 Å². The number of hydrogen-bond acceptors (Lipinski definition) is 1. The van der Waals surface area contributed by atoms with Crippen molar-refractivity contribution in [2.75, 3.05) is 0 Å². The first-order chi connectivity index (χ1) is 24.3. The highest BCUT2D eigenvalue weighted by molar-refractivity contribution is 8.12. The quantitative estimate of drug-likeness (QED) is 0.123. The van der Waals surface area contributed by atoms with Crippen LogP contribution >= 0.6 is 23.1 Å².